The van der Waals surface area contributed by atoms with E-state index in [9.17, 15) is 10.2 Å². The molecule has 1 saturated heterocycles. The van der Waals surface area contributed by atoms with Gasteiger partial charge in [0.2, 0.25) is 0 Å². The van der Waals surface area contributed by atoms with Crippen LogP contribution in [0.5, 0.6) is 5.75 Å². The van der Waals surface area contributed by atoms with Crippen molar-refractivity contribution in [2.45, 2.75) is 63.8 Å². The first-order valence-electron chi connectivity index (χ1n) is 8.23. The Bertz CT molecular complexity index is 559. The van der Waals surface area contributed by atoms with Crippen molar-refractivity contribution in [1.82, 2.24) is 4.90 Å². The lowest BCUT2D eigenvalue weighted by atomic mass is 9.78. The summed E-state index contributed by atoms with van der Waals surface area (Å²) in [6, 6.07) is 5.69. The van der Waals surface area contributed by atoms with Crippen LogP contribution in [0.15, 0.2) is 27.1 Å². The second-order valence-electron chi connectivity index (χ2n) is 7.84. The molecule has 0 aliphatic carbocycles. The van der Waals surface area contributed by atoms with Gasteiger partial charge in [-0.25, -0.2) is 0 Å². The third-order valence-corrected chi connectivity index (χ3v) is 5.76. The van der Waals surface area contributed by atoms with Gasteiger partial charge in [-0.3, -0.25) is 4.90 Å². The highest BCUT2D eigenvalue weighted by molar-refractivity contribution is 9.11. The van der Waals surface area contributed by atoms with Crippen molar-refractivity contribution in [3.8, 4) is 5.75 Å². The highest BCUT2D eigenvalue weighted by Crippen LogP contribution is 2.38. The van der Waals surface area contributed by atoms with Crippen LogP contribution < -0.4 is 4.74 Å². The standard InChI is InChI=1S/C18H27Br2NO3/c1-17(2)8-13(22)9-18(3,4)21(17)10-14(23)11-24-16-6-5-12(19)7-15(16)20/h5-7,13-14,22-23H,8-11H2,1-4H3. The fraction of sp³-hybridized carbons (Fsp3) is 0.667. The molecule has 0 radical (unpaired) electrons. The summed E-state index contributed by atoms with van der Waals surface area (Å²) in [5, 5.41) is 20.6. The first-order valence-corrected chi connectivity index (χ1v) is 9.81. The maximum absolute atomic E-state index is 10.5. The molecule has 2 rings (SSSR count). The van der Waals surface area contributed by atoms with E-state index in [0.717, 1.165) is 8.95 Å². The highest BCUT2D eigenvalue weighted by atomic mass is 79.9. The second-order valence-corrected chi connectivity index (χ2v) is 9.61. The molecule has 1 heterocycles. The third kappa shape index (κ3) is 4.94. The fourth-order valence-corrected chi connectivity index (χ4v) is 4.96. The number of β-amino-alcohol motifs (C(OH)–C–C–N with tert-alkyl or cyclic N) is 1. The Balaban J connectivity index is 1.99. The highest BCUT2D eigenvalue weighted by Gasteiger charge is 2.45. The van der Waals surface area contributed by atoms with Gasteiger partial charge in [0.1, 0.15) is 18.5 Å². The first kappa shape index (κ1) is 20.2. The van der Waals surface area contributed by atoms with Gasteiger partial charge in [0, 0.05) is 22.1 Å². The van der Waals surface area contributed by atoms with Crippen molar-refractivity contribution in [3.05, 3.63) is 27.1 Å². The average Bonchev–Trinajstić information content (AvgIpc) is 2.40. The number of piperidine rings is 1. The van der Waals surface area contributed by atoms with E-state index in [0.29, 0.717) is 25.1 Å². The molecule has 1 unspecified atom stereocenters. The molecule has 24 heavy (non-hydrogen) atoms. The van der Waals surface area contributed by atoms with Gasteiger partial charge in [-0.1, -0.05) is 15.9 Å². The van der Waals surface area contributed by atoms with E-state index in [1.807, 2.05) is 18.2 Å². The predicted octanol–water partition coefficient (Wildman–Crippen LogP) is 3.97. The molecule has 1 atom stereocenters. The Hall–Kier alpha value is -0.140. The molecule has 0 aromatic heterocycles. The Kier molecular flexibility index (Phi) is 6.41. The average molecular weight is 465 g/mol. The predicted molar refractivity (Wildman–Crippen MR) is 103 cm³/mol. The molecule has 4 nitrogen and oxygen atoms in total. The SMILES string of the molecule is CC1(C)CC(O)CC(C)(C)N1CC(O)COc1ccc(Br)cc1Br. The Morgan fingerprint density at radius 3 is 2.33 bits per heavy atom. The number of benzene rings is 1. The number of hydrogen-bond donors (Lipinski definition) is 2. The smallest absolute Gasteiger partial charge is 0.133 e. The number of rotatable bonds is 5. The topological polar surface area (TPSA) is 52.9 Å². The summed E-state index contributed by atoms with van der Waals surface area (Å²) < 4.78 is 7.58. The van der Waals surface area contributed by atoms with E-state index in [-0.39, 0.29) is 23.8 Å². The van der Waals surface area contributed by atoms with Crippen LogP contribution in [0.4, 0.5) is 0 Å². The Morgan fingerprint density at radius 1 is 1.21 bits per heavy atom. The van der Waals surface area contributed by atoms with Gasteiger partial charge in [-0.05, 0) is 74.7 Å². The number of nitrogens with zero attached hydrogens (tertiary/aromatic N) is 1. The van der Waals surface area contributed by atoms with Gasteiger partial charge in [-0.2, -0.15) is 0 Å². The van der Waals surface area contributed by atoms with Crippen LogP contribution >= 0.6 is 31.9 Å². The van der Waals surface area contributed by atoms with Crippen LogP contribution in [0.25, 0.3) is 0 Å². The molecule has 1 aromatic rings. The maximum atomic E-state index is 10.5. The lowest BCUT2D eigenvalue weighted by molar-refractivity contribution is -0.1000. The summed E-state index contributed by atoms with van der Waals surface area (Å²) in [6.07, 6.45) is 0.526. The molecule has 6 heteroatoms. The van der Waals surface area contributed by atoms with E-state index >= 15 is 0 Å². The Morgan fingerprint density at radius 2 is 1.79 bits per heavy atom. The van der Waals surface area contributed by atoms with Crippen molar-refractivity contribution in [2.75, 3.05) is 13.2 Å². The van der Waals surface area contributed by atoms with Crippen molar-refractivity contribution in [3.63, 3.8) is 0 Å². The molecule has 0 bridgehead atoms. The molecule has 0 spiro atoms. The summed E-state index contributed by atoms with van der Waals surface area (Å²) in [6.45, 7) is 9.23. The fourth-order valence-electron chi connectivity index (χ4n) is 3.80. The molecule has 136 valence electrons. The lowest BCUT2D eigenvalue weighted by Crippen LogP contribution is -2.63. The van der Waals surface area contributed by atoms with E-state index in [1.165, 1.54) is 0 Å². The van der Waals surface area contributed by atoms with Crippen molar-refractivity contribution >= 4 is 31.9 Å². The molecule has 1 aliphatic heterocycles. The van der Waals surface area contributed by atoms with E-state index < -0.39 is 6.10 Å². The summed E-state index contributed by atoms with van der Waals surface area (Å²) in [5.41, 5.74) is -0.333. The monoisotopic (exact) mass is 463 g/mol. The molecule has 0 amide bonds. The minimum absolute atomic E-state index is 0.166. The first-order chi connectivity index (χ1) is 11.0. The molecular weight excluding hydrogens is 438 g/mol. The molecule has 1 fully saturated rings. The summed E-state index contributed by atoms with van der Waals surface area (Å²) in [4.78, 5) is 2.29. The zero-order valence-corrected chi connectivity index (χ0v) is 17.9. The second kappa shape index (κ2) is 7.62. The molecule has 1 aliphatic rings. The quantitative estimate of drug-likeness (QED) is 0.692. The molecule has 0 saturated carbocycles. The number of aliphatic hydroxyl groups excluding tert-OH is 2. The van der Waals surface area contributed by atoms with E-state index in [1.54, 1.807) is 0 Å². The molecule has 2 N–H and O–H groups in total. The van der Waals surface area contributed by atoms with Crippen LogP contribution in [0, 0.1) is 0 Å². The largest absolute Gasteiger partial charge is 0.490 e. The van der Waals surface area contributed by atoms with Gasteiger partial charge in [0.25, 0.3) is 0 Å². The van der Waals surface area contributed by atoms with E-state index in [2.05, 4.69) is 64.5 Å². The summed E-state index contributed by atoms with van der Waals surface area (Å²) >= 11 is 6.87. The number of ether oxygens (including phenoxy) is 1. The van der Waals surface area contributed by atoms with Crippen LogP contribution in [-0.4, -0.2) is 51.6 Å². The minimum atomic E-state index is -0.602. The normalized spacial score (nSPS) is 22.3. The van der Waals surface area contributed by atoms with Gasteiger partial charge < -0.3 is 14.9 Å². The lowest BCUT2D eigenvalue weighted by Gasteiger charge is -2.54. The summed E-state index contributed by atoms with van der Waals surface area (Å²) in [5.74, 6) is 0.713. The number of halogens is 2. The van der Waals surface area contributed by atoms with Crippen LogP contribution in [0.1, 0.15) is 40.5 Å². The van der Waals surface area contributed by atoms with Crippen LogP contribution in [0.3, 0.4) is 0 Å². The Labute approximate surface area is 161 Å². The van der Waals surface area contributed by atoms with E-state index in [4.69, 9.17) is 4.74 Å². The zero-order valence-electron chi connectivity index (χ0n) is 14.7. The van der Waals surface area contributed by atoms with Crippen molar-refractivity contribution in [2.24, 2.45) is 0 Å². The maximum Gasteiger partial charge on any atom is 0.133 e. The molecular formula is C18H27Br2NO3. The number of hydrogen-bond acceptors (Lipinski definition) is 4. The third-order valence-electron chi connectivity index (χ3n) is 4.65. The number of aliphatic hydroxyl groups is 2. The van der Waals surface area contributed by atoms with Crippen LogP contribution in [0.2, 0.25) is 0 Å². The zero-order chi connectivity index (χ0) is 18.1. The summed E-state index contributed by atoms with van der Waals surface area (Å²) in [7, 11) is 0. The van der Waals surface area contributed by atoms with Crippen molar-refractivity contribution < 1.29 is 14.9 Å². The van der Waals surface area contributed by atoms with Gasteiger partial charge in [-0.15, -0.1) is 0 Å². The number of likely N-dealkylation sites (tertiary alicyclic amines) is 1. The minimum Gasteiger partial charge on any atom is -0.490 e. The van der Waals surface area contributed by atoms with Crippen LogP contribution in [-0.2, 0) is 0 Å². The van der Waals surface area contributed by atoms with Gasteiger partial charge >= 0.3 is 0 Å². The molecule has 1 aromatic carbocycles. The van der Waals surface area contributed by atoms with Crippen molar-refractivity contribution in [1.29, 1.82) is 0 Å². The van der Waals surface area contributed by atoms with Gasteiger partial charge in [0.05, 0.1) is 10.6 Å². The van der Waals surface area contributed by atoms with Gasteiger partial charge in [0.15, 0.2) is 0 Å².